The van der Waals surface area contributed by atoms with Crippen molar-refractivity contribution in [3.8, 4) is 11.1 Å². The van der Waals surface area contributed by atoms with Gasteiger partial charge in [-0.25, -0.2) is 0 Å². The van der Waals surface area contributed by atoms with Gasteiger partial charge in [-0.15, -0.1) is 0 Å². The SMILES string of the molecule is Cc1ccc(-c2c(C(=O)NCc3ccccc3)n(CC[C@H](C)CO)c(=O)c3ncccc23)cc1. The van der Waals surface area contributed by atoms with Gasteiger partial charge in [-0.3, -0.25) is 14.6 Å². The van der Waals surface area contributed by atoms with Gasteiger partial charge in [0.25, 0.3) is 11.5 Å². The first-order valence-corrected chi connectivity index (χ1v) is 11.5. The molecule has 2 aromatic heterocycles. The van der Waals surface area contributed by atoms with Crippen molar-refractivity contribution in [3.05, 3.63) is 100 Å². The van der Waals surface area contributed by atoms with Crippen LogP contribution in [0.5, 0.6) is 0 Å². The van der Waals surface area contributed by atoms with E-state index in [2.05, 4.69) is 10.3 Å². The second-order valence-corrected chi connectivity index (χ2v) is 8.69. The normalized spacial score (nSPS) is 12.0. The Hall–Kier alpha value is -3.77. The molecule has 0 aliphatic rings. The van der Waals surface area contributed by atoms with Gasteiger partial charge in [-0.1, -0.05) is 73.2 Å². The van der Waals surface area contributed by atoms with E-state index in [1.54, 1.807) is 12.3 Å². The average Bonchev–Trinajstić information content (AvgIpc) is 2.87. The molecule has 2 N–H and O–H groups in total. The molecule has 2 heterocycles. The first-order chi connectivity index (χ1) is 16.5. The number of pyridine rings is 2. The molecule has 0 unspecified atom stereocenters. The lowest BCUT2D eigenvalue weighted by atomic mass is 9.97. The van der Waals surface area contributed by atoms with Crippen LogP contribution in [0.4, 0.5) is 0 Å². The zero-order valence-corrected chi connectivity index (χ0v) is 19.5. The molecule has 0 saturated heterocycles. The molecule has 0 saturated carbocycles. The molecule has 174 valence electrons. The minimum Gasteiger partial charge on any atom is -0.396 e. The van der Waals surface area contributed by atoms with Crippen LogP contribution in [-0.2, 0) is 13.1 Å². The number of rotatable bonds is 8. The molecule has 0 aliphatic carbocycles. The van der Waals surface area contributed by atoms with Crippen molar-refractivity contribution in [1.82, 2.24) is 14.9 Å². The van der Waals surface area contributed by atoms with Crippen molar-refractivity contribution in [3.63, 3.8) is 0 Å². The molecule has 6 heteroatoms. The lowest BCUT2D eigenvalue weighted by Gasteiger charge is -2.20. The first kappa shape index (κ1) is 23.4. The number of hydrogen-bond donors (Lipinski definition) is 2. The fourth-order valence-corrected chi connectivity index (χ4v) is 4.03. The Morgan fingerprint density at radius 1 is 1.06 bits per heavy atom. The summed E-state index contributed by atoms with van der Waals surface area (Å²) >= 11 is 0. The minimum absolute atomic E-state index is 0.00520. The molecule has 4 rings (SSSR count). The van der Waals surface area contributed by atoms with E-state index in [0.29, 0.717) is 41.7 Å². The van der Waals surface area contributed by atoms with Crippen molar-refractivity contribution in [2.45, 2.75) is 33.4 Å². The second-order valence-electron chi connectivity index (χ2n) is 8.69. The van der Waals surface area contributed by atoms with Crippen molar-refractivity contribution in [2.75, 3.05) is 6.61 Å². The summed E-state index contributed by atoms with van der Waals surface area (Å²) in [5.41, 5.74) is 3.94. The molecule has 0 fully saturated rings. The van der Waals surface area contributed by atoms with Crippen molar-refractivity contribution in [2.24, 2.45) is 5.92 Å². The van der Waals surface area contributed by atoms with E-state index in [0.717, 1.165) is 16.7 Å². The van der Waals surface area contributed by atoms with Gasteiger partial charge in [0.05, 0.1) is 0 Å². The van der Waals surface area contributed by atoms with Gasteiger partial charge in [0.1, 0.15) is 11.2 Å². The maximum atomic E-state index is 13.7. The van der Waals surface area contributed by atoms with Crippen molar-refractivity contribution >= 4 is 16.8 Å². The Balaban J connectivity index is 1.91. The molecule has 0 radical (unpaired) electrons. The Morgan fingerprint density at radius 3 is 2.50 bits per heavy atom. The highest BCUT2D eigenvalue weighted by Crippen LogP contribution is 2.31. The van der Waals surface area contributed by atoms with Crippen LogP contribution >= 0.6 is 0 Å². The van der Waals surface area contributed by atoms with Gasteiger partial charge >= 0.3 is 0 Å². The van der Waals surface area contributed by atoms with Crippen LogP contribution in [0.2, 0.25) is 0 Å². The van der Waals surface area contributed by atoms with Crippen LogP contribution in [0.15, 0.2) is 77.7 Å². The molecule has 1 amide bonds. The molecule has 6 nitrogen and oxygen atoms in total. The Morgan fingerprint density at radius 2 is 1.79 bits per heavy atom. The highest BCUT2D eigenvalue weighted by molar-refractivity contribution is 6.07. The summed E-state index contributed by atoms with van der Waals surface area (Å²) < 4.78 is 1.52. The number of benzene rings is 2. The molecule has 0 spiro atoms. The topological polar surface area (TPSA) is 84.2 Å². The van der Waals surface area contributed by atoms with Gasteiger partial charge in [0.15, 0.2) is 0 Å². The largest absolute Gasteiger partial charge is 0.396 e. The summed E-state index contributed by atoms with van der Waals surface area (Å²) in [4.78, 5) is 31.6. The molecule has 34 heavy (non-hydrogen) atoms. The standard InChI is InChI=1S/C28H29N3O3/c1-19-10-12-22(13-11-19)24-23-9-6-15-29-25(23)28(34)31(16-14-20(2)18-32)26(24)27(33)30-17-21-7-4-3-5-8-21/h3-13,15,20,32H,14,16-18H2,1-2H3,(H,30,33)/t20-/m0/s1. The Labute approximate surface area is 198 Å². The number of hydrogen-bond acceptors (Lipinski definition) is 4. The molecule has 4 aromatic rings. The fourth-order valence-electron chi connectivity index (χ4n) is 4.03. The molecule has 2 aromatic carbocycles. The van der Waals surface area contributed by atoms with Gasteiger partial charge < -0.3 is 15.0 Å². The number of carbonyl (C=O) groups is 1. The van der Waals surface area contributed by atoms with E-state index in [-0.39, 0.29) is 24.0 Å². The monoisotopic (exact) mass is 455 g/mol. The number of fused-ring (bicyclic) bond motifs is 1. The van der Waals surface area contributed by atoms with E-state index in [4.69, 9.17) is 0 Å². The van der Waals surface area contributed by atoms with E-state index in [1.165, 1.54) is 4.57 Å². The molecular formula is C28H29N3O3. The van der Waals surface area contributed by atoms with Gasteiger partial charge in [-0.2, -0.15) is 0 Å². The Bertz CT molecular complexity index is 1350. The summed E-state index contributed by atoms with van der Waals surface area (Å²) in [7, 11) is 0. The van der Waals surface area contributed by atoms with Crippen LogP contribution in [0.25, 0.3) is 22.0 Å². The van der Waals surface area contributed by atoms with Gasteiger partial charge in [0, 0.05) is 36.8 Å². The predicted molar refractivity (Wildman–Crippen MR) is 135 cm³/mol. The zero-order valence-electron chi connectivity index (χ0n) is 19.5. The highest BCUT2D eigenvalue weighted by atomic mass is 16.3. The van der Waals surface area contributed by atoms with Gasteiger partial charge in [0.2, 0.25) is 0 Å². The number of aryl methyl sites for hydroxylation is 1. The molecule has 0 bridgehead atoms. The van der Waals surface area contributed by atoms with E-state index in [1.807, 2.05) is 74.5 Å². The molecule has 1 atom stereocenters. The van der Waals surface area contributed by atoms with Crippen LogP contribution in [-0.4, -0.2) is 27.2 Å². The minimum atomic E-state index is -0.320. The number of aliphatic hydroxyl groups excluding tert-OH is 1. The van der Waals surface area contributed by atoms with Crippen molar-refractivity contribution < 1.29 is 9.90 Å². The Kier molecular flexibility index (Phi) is 7.18. The molecular weight excluding hydrogens is 426 g/mol. The smallest absolute Gasteiger partial charge is 0.277 e. The first-order valence-electron chi connectivity index (χ1n) is 11.5. The number of nitrogens with zero attached hydrogens (tertiary/aromatic N) is 2. The van der Waals surface area contributed by atoms with Crippen LogP contribution in [0.3, 0.4) is 0 Å². The van der Waals surface area contributed by atoms with E-state index < -0.39 is 0 Å². The number of amides is 1. The summed E-state index contributed by atoms with van der Waals surface area (Å²) in [5, 5.41) is 13.2. The fraction of sp³-hybridized carbons (Fsp3) is 0.250. The third-order valence-electron chi connectivity index (χ3n) is 6.04. The number of aliphatic hydroxyl groups is 1. The number of carbonyl (C=O) groups excluding carboxylic acids is 1. The number of nitrogens with one attached hydrogen (secondary N) is 1. The van der Waals surface area contributed by atoms with E-state index >= 15 is 0 Å². The van der Waals surface area contributed by atoms with Crippen LogP contribution < -0.4 is 10.9 Å². The lowest BCUT2D eigenvalue weighted by Crippen LogP contribution is -2.34. The maximum absolute atomic E-state index is 13.7. The predicted octanol–water partition coefficient (Wildman–Crippen LogP) is 4.32. The highest BCUT2D eigenvalue weighted by Gasteiger charge is 2.24. The van der Waals surface area contributed by atoms with Gasteiger partial charge in [-0.05, 0) is 36.5 Å². The van der Waals surface area contributed by atoms with E-state index in [9.17, 15) is 14.7 Å². The molecule has 0 aliphatic heterocycles. The third kappa shape index (κ3) is 4.92. The van der Waals surface area contributed by atoms with Crippen LogP contribution in [0, 0.1) is 12.8 Å². The summed E-state index contributed by atoms with van der Waals surface area (Å²) in [5.74, 6) is -0.326. The van der Waals surface area contributed by atoms with Crippen molar-refractivity contribution in [1.29, 1.82) is 0 Å². The third-order valence-corrected chi connectivity index (χ3v) is 6.04. The zero-order chi connectivity index (χ0) is 24.1. The van der Waals surface area contributed by atoms with Crippen LogP contribution in [0.1, 0.15) is 35.0 Å². The average molecular weight is 456 g/mol. The second kappa shape index (κ2) is 10.4. The maximum Gasteiger partial charge on any atom is 0.277 e. The quantitative estimate of drug-likeness (QED) is 0.414. The number of aromatic nitrogens is 2. The summed E-state index contributed by atoms with van der Waals surface area (Å²) in [6.07, 6.45) is 2.15. The lowest BCUT2D eigenvalue weighted by molar-refractivity contribution is 0.0940. The summed E-state index contributed by atoms with van der Waals surface area (Å²) in [6.45, 7) is 4.59. The summed E-state index contributed by atoms with van der Waals surface area (Å²) in [6, 6.07) is 21.2.